The molecule has 17 heavy (non-hydrogen) atoms. The van der Waals surface area contributed by atoms with E-state index in [4.69, 9.17) is 5.11 Å². The van der Waals surface area contributed by atoms with Gasteiger partial charge in [0, 0.05) is 12.0 Å². The Hall–Kier alpha value is -1.13. The van der Waals surface area contributed by atoms with E-state index in [9.17, 15) is 8.42 Å². The fourth-order valence-electron chi connectivity index (χ4n) is 1.44. The third-order valence-corrected chi connectivity index (χ3v) is 3.92. The van der Waals surface area contributed by atoms with E-state index in [1.165, 1.54) is 5.41 Å². The van der Waals surface area contributed by atoms with Crippen LogP contribution in [-0.4, -0.2) is 20.1 Å². The Morgan fingerprint density at radius 2 is 1.94 bits per heavy atom. The van der Waals surface area contributed by atoms with Crippen LogP contribution in [0.4, 0.5) is 0 Å². The average molecular weight is 254 g/mol. The molecule has 4 heteroatoms. The van der Waals surface area contributed by atoms with E-state index in [2.05, 4.69) is 0 Å². The minimum absolute atomic E-state index is 0.142. The first-order valence-corrected chi connectivity index (χ1v) is 7.20. The van der Waals surface area contributed by atoms with Crippen molar-refractivity contribution in [1.29, 1.82) is 0 Å². The van der Waals surface area contributed by atoms with Gasteiger partial charge in [-0.1, -0.05) is 31.2 Å². The zero-order valence-corrected chi connectivity index (χ0v) is 10.7. The van der Waals surface area contributed by atoms with Gasteiger partial charge in [0.15, 0.2) is 9.84 Å². The highest BCUT2D eigenvalue weighted by atomic mass is 32.2. The summed E-state index contributed by atoms with van der Waals surface area (Å²) >= 11 is 0. The highest BCUT2D eigenvalue weighted by Crippen LogP contribution is 2.14. The first-order valence-electron chi connectivity index (χ1n) is 5.65. The molecule has 0 aliphatic rings. The summed E-state index contributed by atoms with van der Waals surface area (Å²) < 4.78 is 23.7. The highest BCUT2D eigenvalue weighted by molar-refractivity contribution is 7.94. The van der Waals surface area contributed by atoms with Gasteiger partial charge in [-0.15, -0.1) is 0 Å². The maximum atomic E-state index is 11.9. The Labute approximate surface area is 103 Å². The van der Waals surface area contributed by atoms with Crippen LogP contribution in [0.25, 0.3) is 0 Å². The molecular formula is C13H18O3S. The third-order valence-electron chi connectivity index (χ3n) is 2.48. The summed E-state index contributed by atoms with van der Waals surface area (Å²) in [4.78, 5) is 0.311. The predicted molar refractivity (Wildman–Crippen MR) is 68.3 cm³/mol. The topological polar surface area (TPSA) is 54.4 Å². The van der Waals surface area contributed by atoms with Crippen molar-refractivity contribution in [3.8, 4) is 0 Å². The lowest BCUT2D eigenvalue weighted by molar-refractivity contribution is 0.279. The fourth-order valence-corrected chi connectivity index (χ4v) is 2.60. The van der Waals surface area contributed by atoms with Crippen molar-refractivity contribution < 1.29 is 13.5 Å². The van der Waals surface area contributed by atoms with Crippen molar-refractivity contribution in [2.75, 3.05) is 6.61 Å². The standard InChI is InChI=1S/C13H18O3S/c1-12(6-5-10-14)9-11-17(15,16)13-7-3-2-4-8-13/h2-4,7-9,11-12,14H,5-6,10H2,1H3/b11-9+/t12-/m1/s1. The number of aliphatic hydroxyl groups excluding tert-OH is 1. The first-order chi connectivity index (χ1) is 8.06. The van der Waals surface area contributed by atoms with Crippen LogP contribution < -0.4 is 0 Å². The Balaban J connectivity index is 2.71. The van der Waals surface area contributed by atoms with E-state index in [1.54, 1.807) is 36.4 Å². The summed E-state index contributed by atoms with van der Waals surface area (Å²) in [6, 6.07) is 8.36. The second-order valence-corrected chi connectivity index (χ2v) is 5.86. The monoisotopic (exact) mass is 254 g/mol. The summed E-state index contributed by atoms with van der Waals surface area (Å²) in [5.41, 5.74) is 0. The summed E-state index contributed by atoms with van der Waals surface area (Å²) in [5.74, 6) is 0.153. The summed E-state index contributed by atoms with van der Waals surface area (Å²) in [6.45, 7) is 2.08. The molecule has 3 nitrogen and oxygen atoms in total. The van der Waals surface area contributed by atoms with Crippen molar-refractivity contribution in [3.63, 3.8) is 0 Å². The lowest BCUT2D eigenvalue weighted by Crippen LogP contribution is -1.98. The van der Waals surface area contributed by atoms with Crippen molar-refractivity contribution in [2.24, 2.45) is 5.92 Å². The van der Waals surface area contributed by atoms with E-state index in [0.717, 1.165) is 6.42 Å². The van der Waals surface area contributed by atoms with Gasteiger partial charge in [0.1, 0.15) is 0 Å². The van der Waals surface area contributed by atoms with Gasteiger partial charge < -0.3 is 5.11 Å². The molecular weight excluding hydrogens is 236 g/mol. The molecule has 0 aliphatic carbocycles. The van der Waals surface area contributed by atoms with Gasteiger partial charge in [0.2, 0.25) is 0 Å². The molecule has 1 atom stereocenters. The minimum atomic E-state index is -3.32. The Morgan fingerprint density at radius 3 is 2.53 bits per heavy atom. The van der Waals surface area contributed by atoms with Gasteiger partial charge in [-0.05, 0) is 30.9 Å². The van der Waals surface area contributed by atoms with Gasteiger partial charge in [-0.2, -0.15) is 0 Å². The van der Waals surface area contributed by atoms with Crippen LogP contribution >= 0.6 is 0 Å². The first kappa shape index (κ1) is 13.9. The van der Waals surface area contributed by atoms with Crippen LogP contribution in [-0.2, 0) is 9.84 Å². The average Bonchev–Trinajstić information content (AvgIpc) is 2.35. The molecule has 0 aromatic heterocycles. The molecule has 0 unspecified atom stereocenters. The number of aliphatic hydroxyl groups is 1. The number of benzene rings is 1. The molecule has 1 N–H and O–H groups in total. The second-order valence-electron chi connectivity index (χ2n) is 4.03. The van der Waals surface area contributed by atoms with E-state index < -0.39 is 9.84 Å². The van der Waals surface area contributed by atoms with Gasteiger partial charge in [-0.25, -0.2) is 8.42 Å². The lowest BCUT2D eigenvalue weighted by Gasteiger charge is -2.04. The molecule has 0 fully saturated rings. The van der Waals surface area contributed by atoms with Crippen molar-refractivity contribution in [3.05, 3.63) is 41.8 Å². The normalized spacial score (nSPS) is 14.0. The molecule has 1 aromatic carbocycles. The predicted octanol–water partition coefficient (Wildman–Crippen LogP) is 2.38. The highest BCUT2D eigenvalue weighted by Gasteiger charge is 2.09. The molecule has 0 amide bonds. The van der Waals surface area contributed by atoms with Crippen LogP contribution in [0.5, 0.6) is 0 Å². The summed E-state index contributed by atoms with van der Waals surface area (Å²) in [6.07, 6.45) is 3.16. The number of hydrogen-bond acceptors (Lipinski definition) is 3. The van der Waals surface area contributed by atoms with Crippen LogP contribution in [0.3, 0.4) is 0 Å². The largest absolute Gasteiger partial charge is 0.396 e. The van der Waals surface area contributed by atoms with Crippen molar-refractivity contribution in [1.82, 2.24) is 0 Å². The molecule has 0 radical (unpaired) electrons. The van der Waals surface area contributed by atoms with Crippen LogP contribution in [0.2, 0.25) is 0 Å². The van der Waals surface area contributed by atoms with E-state index in [1.807, 2.05) is 6.92 Å². The summed E-state index contributed by atoms with van der Waals surface area (Å²) in [7, 11) is -3.32. The maximum Gasteiger partial charge on any atom is 0.199 e. The number of sulfone groups is 1. The molecule has 0 saturated carbocycles. The van der Waals surface area contributed by atoms with Gasteiger partial charge in [0.05, 0.1) is 4.90 Å². The van der Waals surface area contributed by atoms with Crippen LogP contribution in [0.15, 0.2) is 46.7 Å². The van der Waals surface area contributed by atoms with Crippen molar-refractivity contribution in [2.45, 2.75) is 24.7 Å². The molecule has 0 spiro atoms. The smallest absolute Gasteiger partial charge is 0.199 e. The molecule has 1 aromatic rings. The van der Waals surface area contributed by atoms with Crippen LogP contribution in [0.1, 0.15) is 19.8 Å². The molecule has 94 valence electrons. The molecule has 0 saturated heterocycles. The zero-order chi connectivity index (χ0) is 12.7. The van der Waals surface area contributed by atoms with Crippen LogP contribution in [0, 0.1) is 5.92 Å². The quantitative estimate of drug-likeness (QED) is 0.848. The van der Waals surface area contributed by atoms with Gasteiger partial charge >= 0.3 is 0 Å². The molecule has 1 rings (SSSR count). The molecule has 0 heterocycles. The second kappa shape index (κ2) is 6.57. The minimum Gasteiger partial charge on any atom is -0.396 e. The molecule has 0 aliphatic heterocycles. The van der Waals surface area contributed by atoms with E-state index in [-0.39, 0.29) is 12.5 Å². The SMILES string of the molecule is C[C@@H](/C=C/S(=O)(=O)c1ccccc1)CCCO. The number of hydrogen-bond donors (Lipinski definition) is 1. The Morgan fingerprint density at radius 1 is 1.29 bits per heavy atom. The Kier molecular flexibility index (Phi) is 5.38. The maximum absolute atomic E-state index is 11.9. The lowest BCUT2D eigenvalue weighted by atomic mass is 10.1. The van der Waals surface area contributed by atoms with Crippen molar-refractivity contribution >= 4 is 9.84 Å². The number of rotatable bonds is 6. The zero-order valence-electron chi connectivity index (χ0n) is 9.91. The van der Waals surface area contributed by atoms with E-state index in [0.29, 0.717) is 11.3 Å². The number of allylic oxidation sites excluding steroid dienone is 1. The Bertz CT molecular complexity index is 449. The summed E-state index contributed by atoms with van der Waals surface area (Å²) in [5, 5.41) is 9.93. The molecule has 0 bridgehead atoms. The third kappa shape index (κ3) is 4.71. The van der Waals surface area contributed by atoms with Gasteiger partial charge in [0.25, 0.3) is 0 Å². The van der Waals surface area contributed by atoms with Gasteiger partial charge in [-0.3, -0.25) is 0 Å². The van der Waals surface area contributed by atoms with E-state index >= 15 is 0 Å². The fraction of sp³-hybridized carbons (Fsp3) is 0.385.